The Balaban J connectivity index is 2.35. The van der Waals surface area contributed by atoms with Gasteiger partial charge in [0.15, 0.2) is 0 Å². The highest BCUT2D eigenvalue weighted by Gasteiger charge is 2.22. The molecule has 1 aromatic rings. The Morgan fingerprint density at radius 1 is 1.23 bits per heavy atom. The van der Waals surface area contributed by atoms with E-state index in [9.17, 15) is 9.59 Å². The van der Waals surface area contributed by atoms with Crippen LogP contribution in [0.4, 0.5) is 0 Å². The molecule has 0 aliphatic heterocycles. The lowest BCUT2D eigenvalue weighted by atomic mass is 9.92. The molecule has 0 bridgehead atoms. The summed E-state index contributed by atoms with van der Waals surface area (Å²) >= 11 is 0. The van der Waals surface area contributed by atoms with E-state index in [2.05, 4.69) is 5.32 Å². The Morgan fingerprint density at radius 3 is 2.41 bits per heavy atom. The zero-order chi connectivity index (χ0) is 16.6. The minimum atomic E-state index is -1.04. The Bertz CT molecular complexity index is 479. The number of rotatable bonds is 8. The molecule has 1 aromatic carbocycles. The standard InChI is InChI=1S/C17H25NO4/c1-17(2,3)11-15(19)18-14(16(20)21)9-10-22-12-13-7-5-4-6-8-13/h4-8,14H,9-12H2,1-3H3,(H,18,19)(H,20,21)/t14-/m0/s1. The monoisotopic (exact) mass is 307 g/mol. The SMILES string of the molecule is CC(C)(C)CC(=O)N[C@@H](CCOCc1ccccc1)C(=O)O. The third kappa shape index (κ3) is 7.78. The molecule has 122 valence electrons. The lowest BCUT2D eigenvalue weighted by Gasteiger charge is -2.20. The quantitative estimate of drug-likeness (QED) is 0.724. The number of carbonyl (C=O) groups excluding carboxylic acids is 1. The maximum atomic E-state index is 11.8. The van der Waals surface area contributed by atoms with Crippen LogP contribution in [0.15, 0.2) is 30.3 Å². The number of amides is 1. The predicted octanol–water partition coefficient (Wildman–Crippen LogP) is 2.60. The van der Waals surface area contributed by atoms with Crippen molar-refractivity contribution in [1.82, 2.24) is 5.32 Å². The minimum absolute atomic E-state index is 0.170. The predicted molar refractivity (Wildman–Crippen MR) is 84.4 cm³/mol. The number of ether oxygens (including phenoxy) is 1. The average molecular weight is 307 g/mol. The van der Waals surface area contributed by atoms with Gasteiger partial charge in [0, 0.05) is 19.4 Å². The summed E-state index contributed by atoms with van der Waals surface area (Å²) in [6.07, 6.45) is 0.541. The molecule has 0 unspecified atom stereocenters. The van der Waals surface area contributed by atoms with E-state index >= 15 is 0 Å². The summed E-state index contributed by atoms with van der Waals surface area (Å²) in [6, 6.07) is 8.75. The molecule has 2 N–H and O–H groups in total. The molecule has 1 atom stereocenters. The fourth-order valence-electron chi connectivity index (χ4n) is 1.95. The van der Waals surface area contributed by atoms with Crippen LogP contribution in [-0.4, -0.2) is 29.6 Å². The number of carbonyl (C=O) groups is 2. The van der Waals surface area contributed by atoms with Crippen molar-refractivity contribution in [3.8, 4) is 0 Å². The van der Waals surface area contributed by atoms with Crippen molar-refractivity contribution in [2.24, 2.45) is 5.41 Å². The van der Waals surface area contributed by atoms with E-state index < -0.39 is 12.0 Å². The van der Waals surface area contributed by atoms with E-state index in [-0.39, 0.29) is 24.3 Å². The highest BCUT2D eigenvalue weighted by atomic mass is 16.5. The Kier molecular flexibility index (Phi) is 7.05. The van der Waals surface area contributed by atoms with Crippen LogP contribution in [-0.2, 0) is 20.9 Å². The van der Waals surface area contributed by atoms with Gasteiger partial charge in [0.2, 0.25) is 5.91 Å². The van der Waals surface area contributed by atoms with Gasteiger partial charge in [0.1, 0.15) is 6.04 Å². The molecular weight excluding hydrogens is 282 g/mol. The van der Waals surface area contributed by atoms with Gasteiger partial charge in [-0.15, -0.1) is 0 Å². The van der Waals surface area contributed by atoms with Gasteiger partial charge >= 0.3 is 5.97 Å². The van der Waals surface area contributed by atoms with Gasteiger partial charge in [-0.3, -0.25) is 4.79 Å². The summed E-state index contributed by atoms with van der Waals surface area (Å²) in [7, 11) is 0. The van der Waals surface area contributed by atoms with Crippen molar-refractivity contribution in [3.05, 3.63) is 35.9 Å². The number of hydrogen-bond acceptors (Lipinski definition) is 3. The van der Waals surface area contributed by atoms with Crippen LogP contribution in [0.5, 0.6) is 0 Å². The second-order valence-corrected chi connectivity index (χ2v) is 6.52. The molecule has 0 fully saturated rings. The van der Waals surface area contributed by atoms with Gasteiger partial charge in [-0.25, -0.2) is 4.79 Å². The fraction of sp³-hybridized carbons (Fsp3) is 0.529. The molecule has 0 saturated heterocycles. The summed E-state index contributed by atoms with van der Waals surface area (Å²) in [5.74, 6) is -1.28. The molecule has 1 rings (SSSR count). The van der Waals surface area contributed by atoms with E-state index in [0.717, 1.165) is 5.56 Å². The summed E-state index contributed by atoms with van der Waals surface area (Å²) in [5, 5.41) is 11.7. The fourth-order valence-corrected chi connectivity index (χ4v) is 1.95. The molecule has 5 nitrogen and oxygen atoms in total. The van der Waals surface area contributed by atoms with Crippen LogP contribution >= 0.6 is 0 Å². The van der Waals surface area contributed by atoms with Crippen molar-refractivity contribution in [3.63, 3.8) is 0 Å². The molecule has 0 heterocycles. The molecule has 5 heteroatoms. The first kappa shape index (κ1) is 18.2. The number of carboxylic acid groups (broad SMARTS) is 1. The Hall–Kier alpha value is -1.88. The van der Waals surface area contributed by atoms with Crippen molar-refractivity contribution >= 4 is 11.9 Å². The van der Waals surface area contributed by atoms with Gasteiger partial charge in [-0.2, -0.15) is 0 Å². The highest BCUT2D eigenvalue weighted by molar-refractivity contribution is 5.83. The molecule has 0 saturated carbocycles. The molecule has 0 aliphatic carbocycles. The van der Waals surface area contributed by atoms with Crippen LogP contribution in [0.2, 0.25) is 0 Å². The lowest BCUT2D eigenvalue weighted by molar-refractivity contribution is -0.142. The smallest absolute Gasteiger partial charge is 0.326 e. The Morgan fingerprint density at radius 2 is 1.86 bits per heavy atom. The average Bonchev–Trinajstić information content (AvgIpc) is 2.41. The van der Waals surface area contributed by atoms with E-state index in [1.54, 1.807) is 0 Å². The zero-order valence-electron chi connectivity index (χ0n) is 13.5. The number of hydrogen-bond donors (Lipinski definition) is 2. The molecule has 1 amide bonds. The van der Waals surface area contributed by atoms with E-state index in [0.29, 0.717) is 13.0 Å². The second kappa shape index (κ2) is 8.54. The topological polar surface area (TPSA) is 75.6 Å². The van der Waals surface area contributed by atoms with Crippen LogP contribution in [0, 0.1) is 5.41 Å². The number of nitrogens with one attached hydrogen (secondary N) is 1. The van der Waals surface area contributed by atoms with Gasteiger partial charge in [-0.1, -0.05) is 51.1 Å². The van der Waals surface area contributed by atoms with E-state index in [4.69, 9.17) is 9.84 Å². The van der Waals surface area contributed by atoms with Crippen molar-refractivity contribution in [1.29, 1.82) is 0 Å². The second-order valence-electron chi connectivity index (χ2n) is 6.52. The molecule has 0 spiro atoms. The first-order valence-corrected chi connectivity index (χ1v) is 7.42. The van der Waals surface area contributed by atoms with Crippen LogP contribution < -0.4 is 5.32 Å². The third-order valence-electron chi connectivity index (χ3n) is 2.99. The summed E-state index contributed by atoms with van der Waals surface area (Å²) < 4.78 is 5.47. The highest BCUT2D eigenvalue weighted by Crippen LogP contribution is 2.18. The number of carboxylic acids is 1. The summed E-state index contributed by atoms with van der Waals surface area (Å²) in [4.78, 5) is 23.0. The van der Waals surface area contributed by atoms with Gasteiger partial charge in [-0.05, 0) is 11.0 Å². The van der Waals surface area contributed by atoms with Crippen molar-refractivity contribution < 1.29 is 19.4 Å². The van der Waals surface area contributed by atoms with Crippen LogP contribution in [0.3, 0.4) is 0 Å². The Labute approximate surface area is 131 Å². The van der Waals surface area contributed by atoms with Crippen LogP contribution in [0.25, 0.3) is 0 Å². The minimum Gasteiger partial charge on any atom is -0.480 e. The van der Waals surface area contributed by atoms with E-state index in [1.807, 2.05) is 51.1 Å². The molecule has 22 heavy (non-hydrogen) atoms. The van der Waals surface area contributed by atoms with Gasteiger partial charge < -0.3 is 15.2 Å². The first-order valence-electron chi connectivity index (χ1n) is 7.42. The van der Waals surface area contributed by atoms with Gasteiger partial charge in [0.05, 0.1) is 6.61 Å². The number of aliphatic carboxylic acids is 1. The van der Waals surface area contributed by atoms with Gasteiger partial charge in [0.25, 0.3) is 0 Å². The normalized spacial score (nSPS) is 12.7. The lowest BCUT2D eigenvalue weighted by Crippen LogP contribution is -2.42. The first-order chi connectivity index (χ1) is 10.3. The summed E-state index contributed by atoms with van der Waals surface area (Å²) in [5.41, 5.74) is 0.864. The van der Waals surface area contributed by atoms with Crippen LogP contribution in [0.1, 0.15) is 39.2 Å². The molecule has 0 radical (unpaired) electrons. The molecule has 0 aliphatic rings. The molecular formula is C17H25NO4. The maximum Gasteiger partial charge on any atom is 0.326 e. The van der Waals surface area contributed by atoms with Crippen molar-refractivity contribution in [2.45, 2.75) is 46.3 Å². The molecule has 0 aromatic heterocycles. The zero-order valence-corrected chi connectivity index (χ0v) is 13.5. The van der Waals surface area contributed by atoms with Crippen molar-refractivity contribution in [2.75, 3.05) is 6.61 Å². The maximum absolute atomic E-state index is 11.8. The largest absolute Gasteiger partial charge is 0.480 e. The number of benzene rings is 1. The van der Waals surface area contributed by atoms with E-state index in [1.165, 1.54) is 0 Å². The third-order valence-corrected chi connectivity index (χ3v) is 2.99. The summed E-state index contributed by atoms with van der Waals surface area (Å²) in [6.45, 7) is 6.52.